The van der Waals surface area contributed by atoms with E-state index in [2.05, 4.69) is 17.2 Å². The zero-order valence-electron chi connectivity index (χ0n) is 15.7. The first-order valence-electron chi connectivity index (χ1n) is 9.29. The number of Topliss-reactive ketones (excluding diaryl/α,β-unsaturated/α-hetero) is 1. The number of hydrogen-bond acceptors (Lipinski definition) is 5. The lowest BCUT2D eigenvalue weighted by atomic mass is 9.93. The van der Waals surface area contributed by atoms with Crippen molar-refractivity contribution in [3.8, 4) is 11.4 Å². The van der Waals surface area contributed by atoms with Gasteiger partial charge in [0, 0.05) is 26.4 Å². The molecule has 0 fully saturated rings. The highest BCUT2D eigenvalue weighted by molar-refractivity contribution is 6.04. The van der Waals surface area contributed by atoms with E-state index in [-0.39, 0.29) is 5.78 Å². The molecule has 4 rings (SSSR count). The van der Waals surface area contributed by atoms with Gasteiger partial charge in [0.25, 0.3) is 0 Å². The molecule has 0 atom stereocenters. The van der Waals surface area contributed by atoms with E-state index in [1.165, 1.54) is 0 Å². The number of furan rings is 1. The van der Waals surface area contributed by atoms with E-state index < -0.39 is 0 Å². The molecule has 2 aromatic heterocycles. The van der Waals surface area contributed by atoms with Crippen LogP contribution in [0.4, 0.5) is 0 Å². The number of aromatic nitrogens is 3. The summed E-state index contributed by atoms with van der Waals surface area (Å²) in [7, 11) is 1.66. The first kappa shape index (κ1) is 17.7. The molecule has 3 aromatic rings. The number of methoxy groups -OCH3 is 1. The second-order valence-electron chi connectivity index (χ2n) is 6.85. The number of rotatable bonds is 6. The Bertz CT molecular complexity index is 957. The Morgan fingerprint density at radius 1 is 1.19 bits per heavy atom. The smallest absolute Gasteiger partial charge is 0.167 e. The summed E-state index contributed by atoms with van der Waals surface area (Å²) < 4.78 is 13.0. The molecule has 0 saturated heterocycles. The van der Waals surface area contributed by atoms with Crippen molar-refractivity contribution in [2.45, 2.75) is 39.2 Å². The average Bonchev–Trinajstić information content (AvgIpc) is 3.21. The van der Waals surface area contributed by atoms with Crippen LogP contribution < -0.4 is 0 Å². The maximum atomic E-state index is 12.6. The predicted octanol–water partition coefficient (Wildman–Crippen LogP) is 3.60. The third-order valence-corrected chi connectivity index (χ3v) is 4.89. The van der Waals surface area contributed by atoms with E-state index >= 15 is 0 Å². The molecule has 1 aliphatic carbocycles. The lowest BCUT2D eigenvalue weighted by Crippen LogP contribution is -2.11. The fourth-order valence-electron chi connectivity index (χ4n) is 3.62. The van der Waals surface area contributed by atoms with E-state index in [1.54, 1.807) is 7.11 Å². The molecule has 1 aliphatic rings. The topological polar surface area (TPSA) is 70.2 Å². The van der Waals surface area contributed by atoms with E-state index in [0.29, 0.717) is 43.2 Å². The molecule has 2 heterocycles. The fraction of sp³-hybridized carbons (Fsp3) is 0.381. The first-order chi connectivity index (χ1) is 13.2. The van der Waals surface area contributed by atoms with Crippen molar-refractivity contribution in [3.05, 3.63) is 58.8 Å². The molecule has 1 aromatic carbocycles. The molecule has 6 nitrogen and oxygen atoms in total. The number of benzene rings is 1. The summed E-state index contributed by atoms with van der Waals surface area (Å²) in [6.07, 6.45) is 2.82. The second kappa shape index (κ2) is 7.48. The summed E-state index contributed by atoms with van der Waals surface area (Å²) in [5.41, 5.74) is 2.61. The number of ketones is 1. The van der Waals surface area contributed by atoms with Gasteiger partial charge in [0.2, 0.25) is 0 Å². The van der Waals surface area contributed by atoms with Crippen LogP contribution in [0.3, 0.4) is 0 Å². The van der Waals surface area contributed by atoms with Crippen LogP contribution in [0.2, 0.25) is 0 Å². The van der Waals surface area contributed by atoms with Crippen LogP contribution >= 0.6 is 0 Å². The van der Waals surface area contributed by atoms with Gasteiger partial charge in [-0.05, 0) is 18.9 Å². The van der Waals surface area contributed by atoms with Crippen LogP contribution in [0.5, 0.6) is 0 Å². The number of aryl methyl sites for hydroxylation is 2. The summed E-state index contributed by atoms with van der Waals surface area (Å²) in [4.78, 5) is 17.4. The Labute approximate surface area is 158 Å². The molecular weight excluding hydrogens is 342 g/mol. The number of hydrogen-bond donors (Lipinski definition) is 0. The third-order valence-electron chi connectivity index (χ3n) is 4.89. The Morgan fingerprint density at radius 2 is 2.00 bits per heavy atom. The van der Waals surface area contributed by atoms with E-state index in [1.807, 2.05) is 29.8 Å². The third kappa shape index (κ3) is 3.45. The molecule has 6 heteroatoms. The lowest BCUT2D eigenvalue weighted by Gasteiger charge is -2.11. The second-order valence-corrected chi connectivity index (χ2v) is 6.85. The van der Waals surface area contributed by atoms with Gasteiger partial charge in [0.15, 0.2) is 17.4 Å². The van der Waals surface area contributed by atoms with Crippen LogP contribution in [0.1, 0.15) is 46.1 Å². The zero-order chi connectivity index (χ0) is 18.8. The van der Waals surface area contributed by atoms with E-state index in [4.69, 9.17) is 14.1 Å². The standard InChI is InChI=1S/C21H23N3O3/c1-14-19(20-16(25)9-6-10-17(20)27-14)21-22-18(11-12-26-2)23-24(21)13-15-7-4-3-5-8-15/h3-5,7-8H,6,9-13H2,1-2H3. The predicted molar refractivity (Wildman–Crippen MR) is 101 cm³/mol. The van der Waals surface area contributed by atoms with Gasteiger partial charge in [-0.3, -0.25) is 4.79 Å². The molecule has 0 radical (unpaired) electrons. The molecule has 0 aliphatic heterocycles. The van der Waals surface area contributed by atoms with Gasteiger partial charge in [-0.1, -0.05) is 30.3 Å². The maximum absolute atomic E-state index is 12.6. The summed E-state index contributed by atoms with van der Waals surface area (Å²) in [5.74, 6) is 3.06. The minimum atomic E-state index is 0.135. The Hall–Kier alpha value is -2.73. The van der Waals surface area contributed by atoms with Gasteiger partial charge in [-0.2, -0.15) is 5.10 Å². The fourth-order valence-corrected chi connectivity index (χ4v) is 3.62. The van der Waals surface area contributed by atoms with Gasteiger partial charge in [-0.15, -0.1) is 0 Å². The maximum Gasteiger partial charge on any atom is 0.167 e. The number of nitrogens with zero attached hydrogens (tertiary/aromatic N) is 3. The minimum Gasteiger partial charge on any atom is -0.465 e. The van der Waals surface area contributed by atoms with Crippen molar-refractivity contribution in [1.82, 2.24) is 14.8 Å². The Balaban J connectivity index is 1.81. The van der Waals surface area contributed by atoms with Crippen molar-refractivity contribution < 1.29 is 13.9 Å². The largest absolute Gasteiger partial charge is 0.465 e. The van der Waals surface area contributed by atoms with Gasteiger partial charge in [-0.25, -0.2) is 9.67 Å². The van der Waals surface area contributed by atoms with Crippen LogP contribution in [-0.4, -0.2) is 34.3 Å². The molecule has 27 heavy (non-hydrogen) atoms. The van der Waals surface area contributed by atoms with Crippen molar-refractivity contribution in [1.29, 1.82) is 0 Å². The molecule has 0 amide bonds. The lowest BCUT2D eigenvalue weighted by molar-refractivity contribution is 0.0970. The van der Waals surface area contributed by atoms with Crippen LogP contribution in [-0.2, 0) is 24.1 Å². The van der Waals surface area contributed by atoms with Gasteiger partial charge < -0.3 is 9.15 Å². The summed E-state index contributed by atoms with van der Waals surface area (Å²) in [5, 5.41) is 4.69. The van der Waals surface area contributed by atoms with Crippen LogP contribution in [0.15, 0.2) is 34.7 Å². The highest BCUT2D eigenvalue weighted by Gasteiger charge is 2.30. The van der Waals surface area contributed by atoms with Crippen molar-refractivity contribution >= 4 is 5.78 Å². The molecule has 0 N–H and O–H groups in total. The van der Waals surface area contributed by atoms with Gasteiger partial charge in [0.1, 0.15) is 11.5 Å². The normalized spacial score (nSPS) is 13.8. The summed E-state index contributed by atoms with van der Waals surface area (Å²) in [6.45, 7) is 3.04. The Kier molecular flexibility index (Phi) is 4.90. The number of carbonyl (C=O) groups is 1. The van der Waals surface area contributed by atoms with Crippen LogP contribution in [0, 0.1) is 6.92 Å². The summed E-state index contributed by atoms with van der Waals surface area (Å²) >= 11 is 0. The molecule has 140 valence electrons. The first-order valence-corrected chi connectivity index (χ1v) is 9.29. The molecule has 0 spiro atoms. The van der Waals surface area contributed by atoms with Crippen molar-refractivity contribution in [3.63, 3.8) is 0 Å². The molecule has 0 saturated carbocycles. The average molecular weight is 365 g/mol. The summed E-state index contributed by atoms with van der Waals surface area (Å²) in [6, 6.07) is 10.1. The molecule has 0 unspecified atom stereocenters. The monoisotopic (exact) mass is 365 g/mol. The highest BCUT2D eigenvalue weighted by atomic mass is 16.5. The number of carbonyl (C=O) groups excluding carboxylic acids is 1. The van der Waals surface area contributed by atoms with Crippen molar-refractivity contribution in [2.75, 3.05) is 13.7 Å². The molecule has 0 bridgehead atoms. The van der Waals surface area contributed by atoms with E-state index in [0.717, 1.165) is 35.5 Å². The zero-order valence-corrected chi connectivity index (χ0v) is 15.7. The van der Waals surface area contributed by atoms with Crippen molar-refractivity contribution in [2.24, 2.45) is 0 Å². The highest BCUT2D eigenvalue weighted by Crippen LogP contribution is 2.36. The number of fused-ring (bicyclic) bond motifs is 1. The van der Waals surface area contributed by atoms with Crippen LogP contribution in [0.25, 0.3) is 11.4 Å². The minimum absolute atomic E-state index is 0.135. The quantitative estimate of drug-likeness (QED) is 0.667. The van der Waals surface area contributed by atoms with Gasteiger partial charge >= 0.3 is 0 Å². The number of ether oxygens (including phenoxy) is 1. The van der Waals surface area contributed by atoms with Gasteiger partial charge in [0.05, 0.1) is 24.3 Å². The SMILES string of the molecule is COCCc1nc(-c2c(C)oc3c2C(=O)CCC3)n(Cc2ccccc2)n1. The Morgan fingerprint density at radius 3 is 2.78 bits per heavy atom. The molecular formula is C21H23N3O3. The van der Waals surface area contributed by atoms with E-state index in [9.17, 15) is 4.79 Å².